The summed E-state index contributed by atoms with van der Waals surface area (Å²) in [5.74, 6) is 0.807. The standard InChI is InChI=1S/C20H24ClNO2/c1-12(2)17-8-6-7-9-18(17)22-20(23)15(5)24-16-10-13(3)19(21)14(4)11-16/h6-12,15H,1-5H3,(H,22,23)/t15-/m1/s1. The lowest BCUT2D eigenvalue weighted by Gasteiger charge is -2.18. The fourth-order valence-electron chi connectivity index (χ4n) is 2.58. The van der Waals surface area contributed by atoms with Crippen molar-refractivity contribution < 1.29 is 9.53 Å². The van der Waals surface area contributed by atoms with Gasteiger partial charge in [0, 0.05) is 10.7 Å². The number of carbonyl (C=O) groups is 1. The number of para-hydroxylation sites is 1. The van der Waals surface area contributed by atoms with E-state index in [2.05, 4.69) is 19.2 Å². The predicted octanol–water partition coefficient (Wildman–Crippen LogP) is 5.49. The van der Waals surface area contributed by atoms with E-state index in [4.69, 9.17) is 16.3 Å². The number of rotatable bonds is 5. The summed E-state index contributed by atoms with van der Waals surface area (Å²) in [6.45, 7) is 9.79. The highest BCUT2D eigenvalue weighted by atomic mass is 35.5. The molecule has 0 aromatic heterocycles. The van der Waals surface area contributed by atoms with Crippen LogP contribution in [-0.2, 0) is 4.79 Å². The summed E-state index contributed by atoms with van der Waals surface area (Å²) in [6, 6.07) is 11.5. The molecule has 0 spiro atoms. The summed E-state index contributed by atoms with van der Waals surface area (Å²) in [6.07, 6.45) is -0.606. The molecular weight excluding hydrogens is 322 g/mol. The number of halogens is 1. The van der Waals surface area contributed by atoms with Crippen molar-refractivity contribution in [2.75, 3.05) is 5.32 Å². The van der Waals surface area contributed by atoms with Gasteiger partial charge in [-0.3, -0.25) is 4.79 Å². The lowest BCUT2D eigenvalue weighted by atomic mass is 10.0. The zero-order valence-electron chi connectivity index (χ0n) is 14.8. The van der Waals surface area contributed by atoms with Crippen LogP contribution in [0.5, 0.6) is 5.75 Å². The smallest absolute Gasteiger partial charge is 0.265 e. The van der Waals surface area contributed by atoms with E-state index in [1.807, 2.05) is 50.2 Å². The molecule has 0 aliphatic heterocycles. The first kappa shape index (κ1) is 18.3. The largest absolute Gasteiger partial charge is 0.481 e. The third-order valence-electron chi connectivity index (χ3n) is 3.93. The molecule has 0 heterocycles. The Morgan fingerprint density at radius 2 is 1.67 bits per heavy atom. The summed E-state index contributed by atoms with van der Waals surface area (Å²) in [5.41, 5.74) is 3.81. The Hall–Kier alpha value is -2.00. The molecule has 2 aromatic rings. The first-order valence-corrected chi connectivity index (χ1v) is 8.50. The molecule has 0 unspecified atom stereocenters. The minimum atomic E-state index is -0.606. The number of hydrogen-bond donors (Lipinski definition) is 1. The molecule has 24 heavy (non-hydrogen) atoms. The van der Waals surface area contributed by atoms with Gasteiger partial charge >= 0.3 is 0 Å². The Morgan fingerprint density at radius 3 is 2.25 bits per heavy atom. The van der Waals surface area contributed by atoms with Crippen LogP contribution in [0.4, 0.5) is 5.69 Å². The average Bonchev–Trinajstić information content (AvgIpc) is 2.52. The molecule has 0 aliphatic rings. The van der Waals surface area contributed by atoms with E-state index in [-0.39, 0.29) is 5.91 Å². The summed E-state index contributed by atoms with van der Waals surface area (Å²) < 4.78 is 5.79. The minimum Gasteiger partial charge on any atom is -0.481 e. The number of hydrogen-bond acceptors (Lipinski definition) is 2. The molecule has 0 saturated carbocycles. The fraction of sp³-hybridized carbons (Fsp3) is 0.350. The van der Waals surface area contributed by atoms with Gasteiger partial charge in [0.25, 0.3) is 5.91 Å². The second-order valence-electron chi connectivity index (χ2n) is 6.36. The molecule has 1 N–H and O–H groups in total. The Balaban J connectivity index is 2.11. The van der Waals surface area contributed by atoms with Crippen molar-refractivity contribution >= 4 is 23.2 Å². The first-order chi connectivity index (χ1) is 11.3. The number of benzene rings is 2. The van der Waals surface area contributed by atoms with Crippen molar-refractivity contribution in [3.63, 3.8) is 0 Å². The molecule has 128 valence electrons. The van der Waals surface area contributed by atoms with E-state index in [0.29, 0.717) is 11.7 Å². The Labute approximate surface area is 149 Å². The molecule has 2 aromatic carbocycles. The molecule has 4 heteroatoms. The molecule has 0 bridgehead atoms. The summed E-state index contributed by atoms with van der Waals surface area (Å²) >= 11 is 6.17. The number of ether oxygens (including phenoxy) is 1. The minimum absolute atomic E-state index is 0.173. The van der Waals surface area contributed by atoms with E-state index in [9.17, 15) is 4.79 Å². The number of carbonyl (C=O) groups excluding carboxylic acids is 1. The van der Waals surface area contributed by atoms with Crippen molar-refractivity contribution in [1.29, 1.82) is 0 Å². The van der Waals surface area contributed by atoms with Crippen LogP contribution in [0, 0.1) is 13.8 Å². The molecule has 1 amide bonds. The van der Waals surface area contributed by atoms with Crippen LogP contribution >= 0.6 is 11.6 Å². The van der Waals surface area contributed by atoms with Gasteiger partial charge in [0.1, 0.15) is 5.75 Å². The molecule has 0 fully saturated rings. The van der Waals surface area contributed by atoms with Crippen molar-refractivity contribution in [3.05, 3.63) is 58.1 Å². The second-order valence-corrected chi connectivity index (χ2v) is 6.74. The van der Waals surface area contributed by atoms with Crippen LogP contribution in [-0.4, -0.2) is 12.0 Å². The number of nitrogens with one attached hydrogen (secondary N) is 1. The lowest BCUT2D eigenvalue weighted by molar-refractivity contribution is -0.122. The molecule has 0 radical (unpaired) electrons. The van der Waals surface area contributed by atoms with E-state index in [1.165, 1.54) is 0 Å². The molecule has 0 saturated heterocycles. The maximum Gasteiger partial charge on any atom is 0.265 e. The van der Waals surface area contributed by atoms with Crippen LogP contribution < -0.4 is 10.1 Å². The van der Waals surface area contributed by atoms with Crippen LogP contribution in [0.1, 0.15) is 43.4 Å². The van der Waals surface area contributed by atoms with Gasteiger partial charge in [0.15, 0.2) is 6.10 Å². The normalized spacial score (nSPS) is 12.1. The number of amides is 1. The maximum atomic E-state index is 12.5. The summed E-state index contributed by atoms with van der Waals surface area (Å²) in [5, 5.41) is 3.69. The van der Waals surface area contributed by atoms with E-state index >= 15 is 0 Å². The highest BCUT2D eigenvalue weighted by molar-refractivity contribution is 6.32. The van der Waals surface area contributed by atoms with Gasteiger partial charge in [-0.25, -0.2) is 0 Å². The third-order valence-corrected chi connectivity index (χ3v) is 4.53. The van der Waals surface area contributed by atoms with E-state index in [0.717, 1.165) is 27.4 Å². The van der Waals surface area contributed by atoms with Crippen molar-refractivity contribution in [3.8, 4) is 5.75 Å². The van der Waals surface area contributed by atoms with Crippen molar-refractivity contribution in [1.82, 2.24) is 0 Å². The van der Waals surface area contributed by atoms with Gasteiger partial charge in [0.05, 0.1) is 0 Å². The highest BCUT2D eigenvalue weighted by Crippen LogP contribution is 2.27. The van der Waals surface area contributed by atoms with Gasteiger partial charge < -0.3 is 10.1 Å². The van der Waals surface area contributed by atoms with Crippen LogP contribution in [0.15, 0.2) is 36.4 Å². The Kier molecular flexibility index (Phi) is 5.89. The van der Waals surface area contributed by atoms with Gasteiger partial charge in [-0.05, 0) is 61.6 Å². The van der Waals surface area contributed by atoms with Gasteiger partial charge in [-0.2, -0.15) is 0 Å². The van der Waals surface area contributed by atoms with Crippen LogP contribution in [0.3, 0.4) is 0 Å². The van der Waals surface area contributed by atoms with E-state index < -0.39 is 6.10 Å². The molecule has 3 nitrogen and oxygen atoms in total. The predicted molar refractivity (Wildman–Crippen MR) is 100 cm³/mol. The first-order valence-electron chi connectivity index (χ1n) is 8.12. The highest BCUT2D eigenvalue weighted by Gasteiger charge is 2.17. The molecule has 0 aliphatic carbocycles. The van der Waals surface area contributed by atoms with Gasteiger partial charge in [0.2, 0.25) is 0 Å². The SMILES string of the molecule is Cc1cc(O[C@H](C)C(=O)Nc2ccccc2C(C)C)cc(C)c1Cl. The van der Waals surface area contributed by atoms with Crippen LogP contribution in [0.25, 0.3) is 0 Å². The molecular formula is C20H24ClNO2. The zero-order chi connectivity index (χ0) is 17.9. The van der Waals surface area contributed by atoms with E-state index in [1.54, 1.807) is 6.92 Å². The average molecular weight is 346 g/mol. The second kappa shape index (κ2) is 7.71. The maximum absolute atomic E-state index is 12.5. The Morgan fingerprint density at radius 1 is 1.08 bits per heavy atom. The fourth-order valence-corrected chi connectivity index (χ4v) is 2.69. The van der Waals surface area contributed by atoms with Crippen molar-refractivity contribution in [2.45, 2.75) is 46.6 Å². The summed E-state index contributed by atoms with van der Waals surface area (Å²) in [4.78, 5) is 12.5. The third kappa shape index (κ3) is 4.30. The lowest BCUT2D eigenvalue weighted by Crippen LogP contribution is -2.30. The zero-order valence-corrected chi connectivity index (χ0v) is 15.6. The molecule has 2 rings (SSSR count). The quantitative estimate of drug-likeness (QED) is 0.778. The monoisotopic (exact) mass is 345 g/mol. The van der Waals surface area contributed by atoms with Gasteiger partial charge in [-0.1, -0.05) is 43.6 Å². The van der Waals surface area contributed by atoms with Gasteiger partial charge in [-0.15, -0.1) is 0 Å². The number of aryl methyl sites for hydroxylation is 2. The Bertz CT molecular complexity index is 717. The topological polar surface area (TPSA) is 38.3 Å². The molecule has 1 atom stereocenters. The van der Waals surface area contributed by atoms with Crippen LogP contribution in [0.2, 0.25) is 5.02 Å². The number of anilines is 1. The van der Waals surface area contributed by atoms with Crippen molar-refractivity contribution in [2.24, 2.45) is 0 Å². The summed E-state index contributed by atoms with van der Waals surface area (Å²) in [7, 11) is 0.